The van der Waals surface area contributed by atoms with Gasteiger partial charge in [0, 0.05) is 29.3 Å². The number of benzene rings is 2. The standard InChI is InChI=1S/C21H20F2N2/c1-21(2,15-16-3-5-17(22)6-4-16)25(20-11-13-24-14-12-20)19-9-7-18(23)8-10-19/h3-14H,15H2,1-2H3. The van der Waals surface area contributed by atoms with Crippen LogP contribution in [0, 0.1) is 11.6 Å². The summed E-state index contributed by atoms with van der Waals surface area (Å²) in [6, 6.07) is 16.8. The van der Waals surface area contributed by atoms with Crippen LogP contribution in [0.1, 0.15) is 19.4 Å². The minimum Gasteiger partial charge on any atom is -0.335 e. The number of nitrogens with zero attached hydrogens (tertiary/aromatic N) is 2. The van der Waals surface area contributed by atoms with Gasteiger partial charge in [-0.1, -0.05) is 12.1 Å². The lowest BCUT2D eigenvalue weighted by Gasteiger charge is -2.41. The zero-order valence-electron chi connectivity index (χ0n) is 14.3. The number of pyridine rings is 1. The smallest absolute Gasteiger partial charge is 0.123 e. The minimum absolute atomic E-state index is 0.244. The third kappa shape index (κ3) is 4.02. The van der Waals surface area contributed by atoms with E-state index in [0.29, 0.717) is 6.42 Å². The van der Waals surface area contributed by atoms with Crippen LogP contribution in [0.4, 0.5) is 20.2 Å². The Hall–Kier alpha value is -2.75. The molecule has 2 aromatic carbocycles. The van der Waals surface area contributed by atoms with E-state index in [9.17, 15) is 8.78 Å². The van der Waals surface area contributed by atoms with Gasteiger partial charge in [0.25, 0.3) is 0 Å². The molecule has 2 nitrogen and oxygen atoms in total. The van der Waals surface area contributed by atoms with Gasteiger partial charge in [-0.3, -0.25) is 4.98 Å². The topological polar surface area (TPSA) is 16.1 Å². The van der Waals surface area contributed by atoms with E-state index in [-0.39, 0.29) is 17.2 Å². The molecule has 0 amide bonds. The van der Waals surface area contributed by atoms with Crippen molar-refractivity contribution in [1.29, 1.82) is 0 Å². The maximum absolute atomic E-state index is 13.4. The van der Waals surface area contributed by atoms with Crippen molar-refractivity contribution in [3.63, 3.8) is 0 Å². The zero-order chi connectivity index (χ0) is 17.9. The second-order valence-corrected chi connectivity index (χ2v) is 6.63. The van der Waals surface area contributed by atoms with Crippen LogP contribution in [-0.2, 0) is 6.42 Å². The summed E-state index contributed by atoms with van der Waals surface area (Å²) in [5, 5.41) is 0. The van der Waals surface area contributed by atoms with E-state index in [1.807, 2.05) is 12.1 Å². The van der Waals surface area contributed by atoms with Crippen molar-refractivity contribution in [3.8, 4) is 0 Å². The van der Waals surface area contributed by atoms with Gasteiger partial charge >= 0.3 is 0 Å². The summed E-state index contributed by atoms with van der Waals surface area (Å²) in [6.07, 6.45) is 4.17. The highest BCUT2D eigenvalue weighted by molar-refractivity contribution is 5.65. The van der Waals surface area contributed by atoms with Crippen molar-refractivity contribution in [3.05, 3.63) is 90.3 Å². The highest BCUT2D eigenvalue weighted by Gasteiger charge is 2.29. The summed E-state index contributed by atoms with van der Waals surface area (Å²) in [6.45, 7) is 4.22. The summed E-state index contributed by atoms with van der Waals surface area (Å²) >= 11 is 0. The Balaban J connectivity index is 2.00. The molecular weight excluding hydrogens is 318 g/mol. The van der Waals surface area contributed by atoms with Crippen molar-refractivity contribution in [1.82, 2.24) is 4.98 Å². The first-order valence-corrected chi connectivity index (χ1v) is 8.16. The molecule has 0 saturated carbocycles. The molecule has 1 aromatic heterocycles. The minimum atomic E-state index is -0.322. The maximum atomic E-state index is 13.4. The van der Waals surface area contributed by atoms with Crippen molar-refractivity contribution in [2.45, 2.75) is 25.8 Å². The van der Waals surface area contributed by atoms with E-state index >= 15 is 0 Å². The monoisotopic (exact) mass is 338 g/mol. The Morgan fingerprint density at radius 1 is 0.760 bits per heavy atom. The molecular formula is C21H20F2N2. The normalized spacial score (nSPS) is 11.4. The fourth-order valence-electron chi connectivity index (χ4n) is 3.11. The second-order valence-electron chi connectivity index (χ2n) is 6.63. The molecule has 0 unspecified atom stereocenters. The first-order chi connectivity index (χ1) is 12.0. The predicted molar refractivity (Wildman–Crippen MR) is 97.0 cm³/mol. The molecule has 0 fully saturated rings. The van der Waals surface area contributed by atoms with Gasteiger partial charge in [-0.2, -0.15) is 0 Å². The number of anilines is 2. The van der Waals surface area contributed by atoms with Crippen LogP contribution in [0.25, 0.3) is 0 Å². The highest BCUT2D eigenvalue weighted by atomic mass is 19.1. The second kappa shape index (κ2) is 7.01. The molecule has 0 saturated heterocycles. The van der Waals surface area contributed by atoms with Gasteiger partial charge < -0.3 is 4.90 Å². The Bertz CT molecular complexity index is 813. The molecule has 25 heavy (non-hydrogen) atoms. The van der Waals surface area contributed by atoms with Crippen LogP contribution in [0.2, 0.25) is 0 Å². The van der Waals surface area contributed by atoms with Crippen LogP contribution in [-0.4, -0.2) is 10.5 Å². The van der Waals surface area contributed by atoms with Crippen LogP contribution >= 0.6 is 0 Å². The molecule has 0 radical (unpaired) electrons. The summed E-state index contributed by atoms with van der Waals surface area (Å²) in [5.74, 6) is -0.513. The van der Waals surface area contributed by atoms with Gasteiger partial charge in [0.2, 0.25) is 0 Å². The van der Waals surface area contributed by atoms with Crippen LogP contribution in [0.3, 0.4) is 0 Å². The Kier molecular flexibility index (Phi) is 4.79. The molecule has 3 aromatic rings. The molecule has 0 aliphatic heterocycles. The lowest BCUT2D eigenvalue weighted by Crippen LogP contribution is -2.42. The first kappa shape index (κ1) is 17.1. The van der Waals surface area contributed by atoms with Crippen molar-refractivity contribution in [2.75, 3.05) is 4.90 Å². The van der Waals surface area contributed by atoms with E-state index in [1.54, 1.807) is 36.7 Å². The van der Waals surface area contributed by atoms with Crippen LogP contribution in [0.5, 0.6) is 0 Å². The van der Waals surface area contributed by atoms with Crippen LogP contribution in [0.15, 0.2) is 73.1 Å². The van der Waals surface area contributed by atoms with Gasteiger partial charge in [0.05, 0.1) is 0 Å². The predicted octanol–water partition coefficient (Wildman–Crippen LogP) is 5.52. The highest BCUT2D eigenvalue weighted by Crippen LogP contribution is 2.35. The van der Waals surface area contributed by atoms with Crippen LogP contribution < -0.4 is 4.90 Å². The largest absolute Gasteiger partial charge is 0.335 e. The summed E-state index contributed by atoms with van der Waals surface area (Å²) in [7, 11) is 0. The lowest BCUT2D eigenvalue weighted by molar-refractivity contribution is 0.501. The lowest BCUT2D eigenvalue weighted by atomic mass is 9.91. The van der Waals surface area contributed by atoms with Crippen molar-refractivity contribution < 1.29 is 8.78 Å². The molecule has 0 N–H and O–H groups in total. The van der Waals surface area contributed by atoms with E-state index < -0.39 is 0 Å². The first-order valence-electron chi connectivity index (χ1n) is 8.16. The third-order valence-electron chi connectivity index (χ3n) is 4.16. The molecule has 0 aliphatic carbocycles. The third-order valence-corrected chi connectivity index (χ3v) is 4.16. The van der Waals surface area contributed by atoms with E-state index in [4.69, 9.17) is 0 Å². The number of hydrogen-bond acceptors (Lipinski definition) is 2. The van der Waals surface area contributed by atoms with Crippen molar-refractivity contribution >= 4 is 11.4 Å². The average Bonchev–Trinajstić information content (AvgIpc) is 2.59. The van der Waals surface area contributed by atoms with Gasteiger partial charge in [0.15, 0.2) is 0 Å². The Labute approximate surface area is 146 Å². The molecule has 4 heteroatoms. The summed E-state index contributed by atoms with van der Waals surface area (Å²) in [5.41, 5.74) is 2.57. The van der Waals surface area contributed by atoms with E-state index in [2.05, 4.69) is 23.7 Å². The molecule has 3 rings (SSSR count). The van der Waals surface area contributed by atoms with Crippen molar-refractivity contribution in [2.24, 2.45) is 0 Å². The number of hydrogen-bond donors (Lipinski definition) is 0. The Morgan fingerprint density at radius 3 is 1.80 bits per heavy atom. The number of rotatable bonds is 5. The fourth-order valence-corrected chi connectivity index (χ4v) is 3.11. The molecule has 0 atom stereocenters. The van der Waals surface area contributed by atoms with E-state index in [0.717, 1.165) is 16.9 Å². The SMILES string of the molecule is CC(C)(Cc1ccc(F)cc1)N(c1ccncc1)c1ccc(F)cc1. The molecule has 1 heterocycles. The summed E-state index contributed by atoms with van der Waals surface area (Å²) < 4.78 is 26.6. The van der Waals surface area contributed by atoms with E-state index in [1.165, 1.54) is 24.3 Å². The number of aromatic nitrogens is 1. The van der Waals surface area contributed by atoms with Gasteiger partial charge in [-0.25, -0.2) is 8.78 Å². The quantitative estimate of drug-likeness (QED) is 0.609. The zero-order valence-corrected chi connectivity index (χ0v) is 14.3. The molecule has 0 aliphatic rings. The Morgan fingerprint density at radius 2 is 1.24 bits per heavy atom. The summed E-state index contributed by atoms with van der Waals surface area (Å²) in [4.78, 5) is 6.23. The molecule has 0 bridgehead atoms. The van der Waals surface area contributed by atoms with Gasteiger partial charge in [-0.15, -0.1) is 0 Å². The maximum Gasteiger partial charge on any atom is 0.123 e. The molecule has 128 valence electrons. The number of halogens is 2. The van der Waals surface area contributed by atoms with Gasteiger partial charge in [0.1, 0.15) is 11.6 Å². The average molecular weight is 338 g/mol. The van der Waals surface area contributed by atoms with Gasteiger partial charge in [-0.05, 0) is 74.4 Å². The molecule has 0 spiro atoms. The fraction of sp³-hybridized carbons (Fsp3) is 0.190.